The molecule has 1 saturated carbocycles. The average Bonchev–Trinajstić information content (AvgIpc) is 2.91. The number of carbonyl (C=O) groups excluding carboxylic acids is 1. The van der Waals surface area contributed by atoms with Crippen LogP contribution in [0.3, 0.4) is 0 Å². The highest BCUT2D eigenvalue weighted by Gasteiger charge is 2.32. The number of hydrogen-bond acceptors (Lipinski definition) is 2. The fourth-order valence-corrected chi connectivity index (χ4v) is 2.09. The smallest absolute Gasteiger partial charge is 0.225 e. The fourth-order valence-electron chi connectivity index (χ4n) is 2.09. The van der Waals surface area contributed by atoms with Crippen LogP contribution in [0.4, 0.5) is 0 Å². The summed E-state index contributed by atoms with van der Waals surface area (Å²) >= 11 is 0. The average molecular weight is 196 g/mol. The molecule has 0 aromatic rings. The maximum atomic E-state index is 11.6. The van der Waals surface area contributed by atoms with E-state index in [2.05, 4.69) is 5.32 Å². The number of amides is 1. The molecule has 2 rings (SSSR count). The summed E-state index contributed by atoms with van der Waals surface area (Å²) in [5, 5.41) is 3.36. The maximum Gasteiger partial charge on any atom is 0.225 e. The van der Waals surface area contributed by atoms with Crippen LogP contribution in [0, 0.1) is 11.8 Å². The Balaban J connectivity index is 1.65. The molecule has 0 aromatic carbocycles. The summed E-state index contributed by atoms with van der Waals surface area (Å²) in [4.78, 5) is 13.5. The van der Waals surface area contributed by atoms with Crippen molar-refractivity contribution in [2.24, 2.45) is 11.8 Å². The molecule has 1 saturated heterocycles. The Morgan fingerprint density at radius 3 is 2.79 bits per heavy atom. The monoisotopic (exact) mass is 196 g/mol. The first-order chi connectivity index (χ1) is 6.77. The minimum absolute atomic E-state index is 0.371. The van der Waals surface area contributed by atoms with Gasteiger partial charge in [0.2, 0.25) is 5.91 Å². The molecule has 1 aliphatic heterocycles. The van der Waals surface area contributed by atoms with Gasteiger partial charge < -0.3 is 10.2 Å². The van der Waals surface area contributed by atoms with Gasteiger partial charge in [0.25, 0.3) is 0 Å². The van der Waals surface area contributed by atoms with E-state index in [0.717, 1.165) is 38.4 Å². The summed E-state index contributed by atoms with van der Waals surface area (Å²) in [6.45, 7) is 3.25. The van der Waals surface area contributed by atoms with Gasteiger partial charge in [-0.25, -0.2) is 0 Å². The Morgan fingerprint density at radius 2 is 2.21 bits per heavy atom. The summed E-state index contributed by atoms with van der Waals surface area (Å²) < 4.78 is 0. The SMILES string of the molecule is CN(CCC1CCNC1)C(=O)C1CC1. The van der Waals surface area contributed by atoms with Crippen LogP contribution in [0.15, 0.2) is 0 Å². The van der Waals surface area contributed by atoms with Gasteiger partial charge in [0.15, 0.2) is 0 Å². The van der Waals surface area contributed by atoms with Crippen molar-refractivity contribution in [3.63, 3.8) is 0 Å². The van der Waals surface area contributed by atoms with Crippen LogP contribution < -0.4 is 5.32 Å². The van der Waals surface area contributed by atoms with Gasteiger partial charge >= 0.3 is 0 Å². The minimum atomic E-state index is 0.371. The minimum Gasteiger partial charge on any atom is -0.346 e. The Kier molecular flexibility index (Phi) is 3.06. The van der Waals surface area contributed by atoms with Crippen molar-refractivity contribution in [1.29, 1.82) is 0 Å². The molecular weight excluding hydrogens is 176 g/mol. The maximum absolute atomic E-state index is 11.6. The van der Waals surface area contributed by atoms with Gasteiger partial charge in [-0.2, -0.15) is 0 Å². The molecule has 0 bridgehead atoms. The van der Waals surface area contributed by atoms with Crippen molar-refractivity contribution in [2.45, 2.75) is 25.7 Å². The van der Waals surface area contributed by atoms with Crippen molar-refractivity contribution >= 4 is 5.91 Å². The van der Waals surface area contributed by atoms with Gasteiger partial charge in [0.1, 0.15) is 0 Å². The van der Waals surface area contributed by atoms with Crippen LogP contribution in [-0.4, -0.2) is 37.5 Å². The lowest BCUT2D eigenvalue weighted by Crippen LogP contribution is -2.30. The standard InChI is InChI=1S/C11H20N2O/c1-13(11(14)10-2-3-10)7-5-9-4-6-12-8-9/h9-10,12H,2-8H2,1H3. The summed E-state index contributed by atoms with van der Waals surface area (Å²) in [7, 11) is 1.95. The molecule has 80 valence electrons. The van der Waals surface area contributed by atoms with E-state index in [1.54, 1.807) is 0 Å². The number of nitrogens with one attached hydrogen (secondary N) is 1. The second-order valence-corrected chi connectivity index (χ2v) is 4.68. The molecular formula is C11H20N2O. The lowest BCUT2D eigenvalue weighted by atomic mass is 10.0. The molecule has 1 N–H and O–H groups in total. The molecule has 1 atom stereocenters. The van der Waals surface area contributed by atoms with Crippen molar-refractivity contribution in [1.82, 2.24) is 10.2 Å². The van der Waals surface area contributed by atoms with E-state index in [1.165, 1.54) is 12.8 Å². The van der Waals surface area contributed by atoms with Gasteiger partial charge in [0.05, 0.1) is 0 Å². The predicted octanol–water partition coefficient (Wildman–Crippen LogP) is 0.854. The van der Waals surface area contributed by atoms with Crippen LogP contribution in [-0.2, 0) is 4.79 Å². The Labute approximate surface area is 85.8 Å². The van der Waals surface area contributed by atoms with E-state index >= 15 is 0 Å². The zero-order chi connectivity index (χ0) is 9.97. The van der Waals surface area contributed by atoms with E-state index < -0.39 is 0 Å². The first kappa shape index (κ1) is 9.97. The van der Waals surface area contributed by atoms with Gasteiger partial charge in [-0.15, -0.1) is 0 Å². The Morgan fingerprint density at radius 1 is 1.43 bits per heavy atom. The molecule has 0 spiro atoms. The number of nitrogens with zero attached hydrogens (tertiary/aromatic N) is 1. The molecule has 3 nitrogen and oxygen atoms in total. The molecule has 1 aliphatic carbocycles. The predicted molar refractivity (Wildman–Crippen MR) is 56.0 cm³/mol. The number of hydrogen-bond donors (Lipinski definition) is 1. The highest BCUT2D eigenvalue weighted by Crippen LogP contribution is 2.30. The van der Waals surface area contributed by atoms with E-state index in [9.17, 15) is 4.79 Å². The zero-order valence-electron chi connectivity index (χ0n) is 8.96. The third-order valence-corrected chi connectivity index (χ3v) is 3.34. The lowest BCUT2D eigenvalue weighted by Gasteiger charge is -2.18. The van der Waals surface area contributed by atoms with E-state index in [-0.39, 0.29) is 0 Å². The zero-order valence-corrected chi connectivity index (χ0v) is 8.96. The highest BCUT2D eigenvalue weighted by atomic mass is 16.2. The van der Waals surface area contributed by atoms with E-state index in [0.29, 0.717) is 11.8 Å². The van der Waals surface area contributed by atoms with Crippen molar-refractivity contribution in [3.05, 3.63) is 0 Å². The molecule has 2 aliphatic rings. The van der Waals surface area contributed by atoms with Crippen LogP contribution in [0.2, 0.25) is 0 Å². The molecule has 1 amide bonds. The molecule has 14 heavy (non-hydrogen) atoms. The van der Waals surface area contributed by atoms with Crippen molar-refractivity contribution in [2.75, 3.05) is 26.7 Å². The van der Waals surface area contributed by atoms with Gasteiger partial charge in [0, 0.05) is 19.5 Å². The number of rotatable bonds is 4. The molecule has 1 heterocycles. The first-order valence-electron chi connectivity index (χ1n) is 5.73. The molecule has 3 heteroatoms. The van der Waals surface area contributed by atoms with Gasteiger partial charge in [-0.1, -0.05) is 0 Å². The number of carbonyl (C=O) groups is 1. The summed E-state index contributed by atoms with van der Waals surface area (Å²) in [5.74, 6) is 1.54. The van der Waals surface area contributed by atoms with Crippen LogP contribution in [0.5, 0.6) is 0 Å². The first-order valence-corrected chi connectivity index (χ1v) is 5.73. The lowest BCUT2D eigenvalue weighted by molar-refractivity contribution is -0.131. The highest BCUT2D eigenvalue weighted by molar-refractivity contribution is 5.80. The normalized spacial score (nSPS) is 26.5. The molecule has 0 radical (unpaired) electrons. The summed E-state index contributed by atoms with van der Waals surface area (Å²) in [6.07, 6.45) is 4.69. The second-order valence-electron chi connectivity index (χ2n) is 4.68. The Bertz CT molecular complexity index is 207. The van der Waals surface area contributed by atoms with Gasteiger partial charge in [-0.3, -0.25) is 4.79 Å². The van der Waals surface area contributed by atoms with E-state index in [1.807, 2.05) is 11.9 Å². The van der Waals surface area contributed by atoms with Crippen LogP contribution >= 0.6 is 0 Å². The second kappa shape index (κ2) is 4.30. The topological polar surface area (TPSA) is 32.3 Å². The fraction of sp³-hybridized carbons (Fsp3) is 0.909. The third kappa shape index (κ3) is 2.47. The molecule has 2 fully saturated rings. The summed E-state index contributed by atoms with van der Waals surface area (Å²) in [6, 6.07) is 0. The molecule has 1 unspecified atom stereocenters. The quantitative estimate of drug-likeness (QED) is 0.723. The van der Waals surface area contributed by atoms with Crippen molar-refractivity contribution < 1.29 is 4.79 Å². The third-order valence-electron chi connectivity index (χ3n) is 3.34. The largest absolute Gasteiger partial charge is 0.346 e. The van der Waals surface area contributed by atoms with E-state index in [4.69, 9.17) is 0 Å². The van der Waals surface area contributed by atoms with Crippen LogP contribution in [0.1, 0.15) is 25.7 Å². The summed E-state index contributed by atoms with van der Waals surface area (Å²) in [5.41, 5.74) is 0. The Hall–Kier alpha value is -0.570. The van der Waals surface area contributed by atoms with Gasteiger partial charge in [-0.05, 0) is 44.7 Å². The van der Waals surface area contributed by atoms with Crippen LogP contribution in [0.25, 0.3) is 0 Å². The molecule has 0 aromatic heterocycles. The van der Waals surface area contributed by atoms with Crippen molar-refractivity contribution in [3.8, 4) is 0 Å².